The quantitative estimate of drug-likeness (QED) is 0.444. The zero-order chi connectivity index (χ0) is 19.6. The van der Waals surface area contributed by atoms with Gasteiger partial charge >= 0.3 is 0 Å². The van der Waals surface area contributed by atoms with Crippen LogP contribution in [0.15, 0.2) is 12.7 Å². The molecule has 0 bridgehead atoms. The van der Waals surface area contributed by atoms with Crippen LogP contribution in [0.2, 0.25) is 0 Å². The lowest BCUT2D eigenvalue weighted by Gasteiger charge is -2.32. The number of nitrogens with zero attached hydrogens (tertiary/aromatic N) is 5. The van der Waals surface area contributed by atoms with E-state index in [1.807, 2.05) is 0 Å². The van der Waals surface area contributed by atoms with Crippen LogP contribution in [0.5, 0.6) is 0 Å². The fraction of sp³-hybridized carbons (Fsp3) is 0.706. The van der Waals surface area contributed by atoms with Gasteiger partial charge in [0, 0.05) is 0 Å². The molecule has 1 aliphatic heterocycles. The standard InChI is InChI=1S/C17H29N6O4/c1-4-23(3,5-2)7-6-18-15-12-16(20-9-19-15)22(10-21-12)17-14(26)13(25)11(8-24)27-17/h9-11,13-14,17,24-26H,4-8H2,1-3H3,(H,18,19,20)/q+1/t11-,13-,14-,17?/m1/s1. The third-order valence-electron chi connectivity index (χ3n) is 5.62. The highest BCUT2D eigenvalue weighted by Gasteiger charge is 2.44. The van der Waals surface area contributed by atoms with E-state index in [4.69, 9.17) is 4.74 Å². The van der Waals surface area contributed by atoms with Crippen LogP contribution < -0.4 is 5.32 Å². The molecule has 1 aliphatic rings. The fourth-order valence-electron chi connectivity index (χ4n) is 3.26. The third kappa shape index (κ3) is 3.76. The van der Waals surface area contributed by atoms with Crippen molar-refractivity contribution in [2.75, 3.05) is 45.2 Å². The Hall–Kier alpha value is -1.85. The highest BCUT2D eigenvalue weighted by atomic mass is 16.6. The maximum absolute atomic E-state index is 10.2. The van der Waals surface area contributed by atoms with Gasteiger partial charge in [-0.2, -0.15) is 0 Å². The second-order valence-electron chi connectivity index (χ2n) is 7.18. The van der Waals surface area contributed by atoms with E-state index < -0.39 is 24.5 Å². The van der Waals surface area contributed by atoms with Crippen molar-refractivity contribution in [3.63, 3.8) is 0 Å². The van der Waals surface area contributed by atoms with Crippen molar-refractivity contribution in [2.24, 2.45) is 0 Å². The van der Waals surface area contributed by atoms with Gasteiger partial charge in [-0.05, 0) is 13.8 Å². The summed E-state index contributed by atoms with van der Waals surface area (Å²) in [5.74, 6) is 0.615. The number of quaternary nitrogens is 1. The second-order valence-corrected chi connectivity index (χ2v) is 7.18. The van der Waals surface area contributed by atoms with E-state index in [-0.39, 0.29) is 6.61 Å². The van der Waals surface area contributed by atoms with E-state index >= 15 is 0 Å². The molecule has 4 atom stereocenters. The number of aliphatic hydroxyl groups excluding tert-OH is 3. The molecular formula is C17H29N6O4+. The number of anilines is 1. The molecule has 0 aromatic carbocycles. The maximum atomic E-state index is 10.2. The number of ether oxygens (including phenoxy) is 1. The number of rotatable bonds is 8. The van der Waals surface area contributed by atoms with Crippen molar-refractivity contribution in [1.29, 1.82) is 0 Å². The normalized spacial score (nSPS) is 26.0. The van der Waals surface area contributed by atoms with Gasteiger partial charge in [0.25, 0.3) is 0 Å². The third-order valence-corrected chi connectivity index (χ3v) is 5.62. The summed E-state index contributed by atoms with van der Waals surface area (Å²) in [5.41, 5.74) is 1.06. The van der Waals surface area contributed by atoms with Gasteiger partial charge in [0.15, 0.2) is 23.2 Å². The lowest BCUT2D eigenvalue weighted by molar-refractivity contribution is -0.904. The minimum absolute atomic E-state index is 0.380. The highest BCUT2D eigenvalue weighted by molar-refractivity contribution is 5.82. The molecule has 10 nitrogen and oxygen atoms in total. The Kier molecular flexibility index (Phi) is 5.92. The molecule has 1 fully saturated rings. The maximum Gasteiger partial charge on any atom is 0.167 e. The highest BCUT2D eigenvalue weighted by Crippen LogP contribution is 2.32. The SMILES string of the molecule is CC[N+](C)(CC)CCNc1ncnc2c1ncn2C1O[C@H](CO)[C@@H](O)[C@H]1O. The van der Waals surface area contributed by atoms with Gasteiger partial charge in [-0.25, -0.2) is 15.0 Å². The predicted octanol–water partition coefficient (Wildman–Crippen LogP) is -0.664. The van der Waals surface area contributed by atoms with E-state index in [1.54, 1.807) is 4.57 Å². The van der Waals surface area contributed by atoms with Crippen LogP contribution in [-0.2, 0) is 4.74 Å². The summed E-state index contributed by atoms with van der Waals surface area (Å²) in [7, 11) is 2.22. The van der Waals surface area contributed by atoms with E-state index in [0.717, 1.165) is 30.7 Å². The minimum atomic E-state index is -1.18. The molecule has 0 aliphatic carbocycles. The number of aromatic nitrogens is 4. The molecule has 4 N–H and O–H groups in total. The first kappa shape index (κ1) is 19.9. The Labute approximate surface area is 158 Å². The summed E-state index contributed by atoms with van der Waals surface area (Å²) in [6.07, 6.45) is -1.14. The molecular weight excluding hydrogens is 352 g/mol. The topological polar surface area (TPSA) is 126 Å². The molecule has 0 spiro atoms. The Balaban J connectivity index is 1.79. The number of nitrogens with one attached hydrogen (secondary N) is 1. The van der Waals surface area contributed by atoms with Crippen LogP contribution in [-0.4, -0.2) is 97.5 Å². The number of likely N-dealkylation sites (N-methyl/N-ethyl adjacent to an activating group) is 1. The minimum Gasteiger partial charge on any atom is -0.394 e. The van der Waals surface area contributed by atoms with Crippen LogP contribution in [0.1, 0.15) is 20.1 Å². The molecule has 2 aromatic rings. The lowest BCUT2D eigenvalue weighted by Crippen LogP contribution is -2.46. The Morgan fingerprint density at radius 2 is 1.93 bits per heavy atom. The van der Waals surface area contributed by atoms with E-state index in [0.29, 0.717) is 17.0 Å². The molecule has 150 valence electrons. The van der Waals surface area contributed by atoms with Crippen LogP contribution in [0.4, 0.5) is 5.82 Å². The monoisotopic (exact) mass is 381 g/mol. The molecule has 0 amide bonds. The average Bonchev–Trinajstić information content (AvgIpc) is 3.23. The van der Waals surface area contributed by atoms with Gasteiger partial charge in [0.1, 0.15) is 24.6 Å². The van der Waals surface area contributed by atoms with Gasteiger partial charge < -0.3 is 29.9 Å². The summed E-state index contributed by atoms with van der Waals surface area (Å²) in [6, 6.07) is 0. The van der Waals surface area contributed by atoms with Gasteiger partial charge in [0.2, 0.25) is 0 Å². The van der Waals surface area contributed by atoms with Gasteiger partial charge in [-0.15, -0.1) is 0 Å². The number of hydrogen-bond acceptors (Lipinski definition) is 8. The Bertz CT molecular complexity index is 765. The van der Waals surface area contributed by atoms with Crippen molar-refractivity contribution in [2.45, 2.75) is 38.4 Å². The van der Waals surface area contributed by atoms with Gasteiger partial charge in [0.05, 0.1) is 46.2 Å². The largest absolute Gasteiger partial charge is 0.394 e. The Morgan fingerprint density at radius 3 is 2.56 bits per heavy atom. The fourth-order valence-corrected chi connectivity index (χ4v) is 3.26. The molecule has 2 aromatic heterocycles. The molecule has 1 unspecified atom stereocenters. The van der Waals surface area contributed by atoms with Gasteiger partial charge in [-0.3, -0.25) is 4.57 Å². The predicted molar refractivity (Wildman–Crippen MR) is 99.0 cm³/mol. The molecule has 1 saturated heterocycles. The van der Waals surface area contributed by atoms with E-state index in [9.17, 15) is 15.3 Å². The van der Waals surface area contributed by atoms with Crippen LogP contribution in [0, 0.1) is 0 Å². The zero-order valence-corrected chi connectivity index (χ0v) is 16.0. The van der Waals surface area contributed by atoms with Crippen LogP contribution in [0.25, 0.3) is 11.2 Å². The van der Waals surface area contributed by atoms with Crippen molar-refractivity contribution < 1.29 is 24.5 Å². The van der Waals surface area contributed by atoms with Crippen molar-refractivity contribution >= 4 is 17.0 Å². The van der Waals surface area contributed by atoms with Crippen molar-refractivity contribution in [3.8, 4) is 0 Å². The zero-order valence-electron chi connectivity index (χ0n) is 16.0. The first-order valence-corrected chi connectivity index (χ1v) is 9.31. The number of fused-ring (bicyclic) bond motifs is 1. The average molecular weight is 381 g/mol. The first-order chi connectivity index (χ1) is 12.9. The molecule has 27 heavy (non-hydrogen) atoms. The molecule has 0 saturated carbocycles. The number of imidazole rings is 1. The van der Waals surface area contributed by atoms with Crippen molar-refractivity contribution in [1.82, 2.24) is 19.5 Å². The van der Waals surface area contributed by atoms with Crippen LogP contribution >= 0.6 is 0 Å². The summed E-state index contributed by atoms with van der Waals surface area (Å²) >= 11 is 0. The second kappa shape index (κ2) is 8.03. The molecule has 3 rings (SSSR count). The number of hydrogen-bond donors (Lipinski definition) is 4. The van der Waals surface area contributed by atoms with Gasteiger partial charge in [-0.1, -0.05) is 0 Å². The van der Waals surface area contributed by atoms with Crippen molar-refractivity contribution in [3.05, 3.63) is 12.7 Å². The summed E-state index contributed by atoms with van der Waals surface area (Å²) in [4.78, 5) is 12.9. The summed E-state index contributed by atoms with van der Waals surface area (Å²) < 4.78 is 8.09. The number of aliphatic hydroxyl groups is 3. The first-order valence-electron chi connectivity index (χ1n) is 9.31. The van der Waals surface area contributed by atoms with E-state index in [2.05, 4.69) is 41.2 Å². The molecule has 3 heterocycles. The molecule has 10 heteroatoms. The molecule has 0 radical (unpaired) electrons. The summed E-state index contributed by atoms with van der Waals surface area (Å²) in [5, 5.41) is 32.8. The van der Waals surface area contributed by atoms with E-state index in [1.165, 1.54) is 12.7 Å². The summed E-state index contributed by atoms with van der Waals surface area (Å²) in [6.45, 7) is 7.77. The van der Waals surface area contributed by atoms with Crippen LogP contribution in [0.3, 0.4) is 0 Å². The Morgan fingerprint density at radius 1 is 1.19 bits per heavy atom. The smallest absolute Gasteiger partial charge is 0.167 e. The lowest BCUT2D eigenvalue weighted by atomic mass is 10.1.